The van der Waals surface area contributed by atoms with Crippen LogP contribution in [-0.2, 0) is 14.4 Å². The summed E-state index contributed by atoms with van der Waals surface area (Å²) in [6.07, 6.45) is 3.17. The number of carbonyl (C=O) groups is 3. The van der Waals surface area contributed by atoms with Crippen molar-refractivity contribution in [1.29, 1.82) is 0 Å². The van der Waals surface area contributed by atoms with E-state index in [1.54, 1.807) is 0 Å². The minimum Gasteiger partial charge on any atom is -0.876 e. The van der Waals surface area contributed by atoms with Crippen LogP contribution in [0.2, 0.25) is 0 Å². The zero-order valence-electron chi connectivity index (χ0n) is 14.3. The van der Waals surface area contributed by atoms with Crippen LogP contribution in [0.15, 0.2) is 35.5 Å². The molecule has 0 spiro atoms. The van der Waals surface area contributed by atoms with E-state index in [0.717, 1.165) is 18.2 Å². The SMILES string of the molecule is CC(=O)/C=C(/C)[O-].CC(=O)/C=C(/C)[O-].CC(=O)/C=C(/C)[O-].O.[In+3]. The third kappa shape index (κ3) is 63.7. The van der Waals surface area contributed by atoms with Gasteiger partial charge in [0, 0.05) is 0 Å². The molecule has 0 aromatic rings. The van der Waals surface area contributed by atoms with E-state index in [2.05, 4.69) is 0 Å². The Morgan fingerprint density at radius 2 is 0.696 bits per heavy atom. The van der Waals surface area contributed by atoms with Crippen molar-refractivity contribution in [2.24, 2.45) is 0 Å². The summed E-state index contributed by atoms with van der Waals surface area (Å²) in [5.74, 6) is -1.12. The first-order valence-corrected chi connectivity index (χ1v) is 5.96. The number of carbonyl (C=O) groups excluding carboxylic acids is 3. The molecule has 0 rings (SSSR count). The predicted molar refractivity (Wildman–Crippen MR) is 82.7 cm³/mol. The molecule has 0 amide bonds. The number of ketones is 3. The summed E-state index contributed by atoms with van der Waals surface area (Å²) in [4.78, 5) is 29.9. The Kier molecular flexibility index (Phi) is 29.5. The molecule has 7 nitrogen and oxygen atoms in total. The van der Waals surface area contributed by atoms with Gasteiger partial charge >= 0.3 is 25.8 Å². The molecule has 0 unspecified atom stereocenters. The van der Waals surface area contributed by atoms with E-state index in [1.165, 1.54) is 41.5 Å². The molecule has 0 radical (unpaired) electrons. The van der Waals surface area contributed by atoms with Gasteiger partial charge < -0.3 is 20.8 Å². The molecule has 0 aromatic carbocycles. The molecule has 2 N–H and O–H groups in total. The zero-order chi connectivity index (χ0) is 17.6. The van der Waals surface area contributed by atoms with Gasteiger partial charge in [-0.25, -0.2) is 0 Å². The maximum Gasteiger partial charge on any atom is 3.00 e. The van der Waals surface area contributed by atoms with Gasteiger partial charge in [-0.3, -0.25) is 14.4 Å². The van der Waals surface area contributed by atoms with Gasteiger partial charge in [0.15, 0.2) is 17.3 Å². The first-order chi connectivity index (χ1) is 9.38. The molecule has 0 aliphatic carbocycles. The molecule has 0 saturated heterocycles. The van der Waals surface area contributed by atoms with Crippen LogP contribution in [0, 0.1) is 0 Å². The van der Waals surface area contributed by atoms with Gasteiger partial charge in [0.1, 0.15) is 0 Å². The summed E-state index contributed by atoms with van der Waals surface area (Å²) < 4.78 is 0. The van der Waals surface area contributed by atoms with Crippen molar-refractivity contribution < 1.29 is 35.2 Å². The van der Waals surface area contributed by atoms with E-state index in [9.17, 15) is 29.7 Å². The van der Waals surface area contributed by atoms with Crippen molar-refractivity contribution in [1.82, 2.24) is 0 Å². The van der Waals surface area contributed by atoms with E-state index in [-0.39, 0.29) is 65.9 Å². The predicted octanol–water partition coefficient (Wildman–Crippen LogP) is -1.69. The second kappa shape index (κ2) is 20.5. The standard InChI is InChI=1S/3C5H8O2.In.H2O/c3*1-4(6)3-5(2)7;;/h3*3,6H,1-2H3;;1H2/q;;;+3;/p-3/b3*4-3-;;. The fourth-order valence-corrected chi connectivity index (χ4v) is 0.859. The molecular formula is C15H23InO7. The Morgan fingerprint density at radius 3 is 0.696 bits per heavy atom. The minimum atomic E-state index is -0.187. The largest absolute Gasteiger partial charge is 3.00 e. The quantitative estimate of drug-likeness (QED) is 0.385. The molecule has 0 saturated carbocycles. The van der Waals surface area contributed by atoms with Crippen LogP contribution in [0.1, 0.15) is 41.5 Å². The fraction of sp³-hybridized carbons (Fsp3) is 0.400. The second-order valence-corrected chi connectivity index (χ2v) is 4.10. The van der Waals surface area contributed by atoms with E-state index in [4.69, 9.17) is 0 Å². The fourth-order valence-electron chi connectivity index (χ4n) is 0.859. The van der Waals surface area contributed by atoms with Crippen LogP contribution in [0.4, 0.5) is 0 Å². The molecule has 0 aliphatic rings. The molecule has 0 aliphatic heterocycles. The van der Waals surface area contributed by atoms with Crippen LogP contribution in [-0.4, -0.2) is 48.7 Å². The minimum absolute atomic E-state index is 0. The van der Waals surface area contributed by atoms with Gasteiger partial charge in [-0.05, 0) is 39.0 Å². The first-order valence-electron chi connectivity index (χ1n) is 5.96. The number of hydrogen-bond donors (Lipinski definition) is 0. The topological polar surface area (TPSA) is 152 Å². The summed E-state index contributed by atoms with van der Waals surface area (Å²) in [6.45, 7) is 8.09. The van der Waals surface area contributed by atoms with Gasteiger partial charge in [0.05, 0.1) is 0 Å². The Balaban J connectivity index is -0.0000000675. The molecule has 0 aromatic heterocycles. The zero-order valence-corrected chi connectivity index (χ0v) is 17.6. The van der Waals surface area contributed by atoms with Crippen LogP contribution in [0.5, 0.6) is 0 Å². The van der Waals surface area contributed by atoms with Crippen molar-refractivity contribution in [2.75, 3.05) is 0 Å². The maximum atomic E-state index is 9.98. The Bertz CT molecular complexity index is 370. The molecule has 0 heterocycles. The molecule has 128 valence electrons. The van der Waals surface area contributed by atoms with E-state index in [0.29, 0.717) is 0 Å². The van der Waals surface area contributed by atoms with Crippen molar-refractivity contribution >= 4 is 43.2 Å². The van der Waals surface area contributed by atoms with Gasteiger partial charge in [0.25, 0.3) is 0 Å². The van der Waals surface area contributed by atoms with E-state index < -0.39 is 0 Å². The van der Waals surface area contributed by atoms with Gasteiger partial charge in [-0.15, -0.1) is 17.3 Å². The Morgan fingerprint density at radius 1 is 0.565 bits per heavy atom. The van der Waals surface area contributed by atoms with Crippen LogP contribution >= 0.6 is 0 Å². The smallest absolute Gasteiger partial charge is 0.876 e. The molecule has 23 heavy (non-hydrogen) atoms. The van der Waals surface area contributed by atoms with Crippen LogP contribution in [0.25, 0.3) is 0 Å². The number of hydrogen-bond acceptors (Lipinski definition) is 6. The van der Waals surface area contributed by atoms with Crippen molar-refractivity contribution in [3.8, 4) is 0 Å². The molecule has 0 atom stereocenters. The van der Waals surface area contributed by atoms with Crippen molar-refractivity contribution in [2.45, 2.75) is 41.5 Å². The summed E-state index contributed by atoms with van der Waals surface area (Å²) >= 11 is 0. The van der Waals surface area contributed by atoms with Crippen LogP contribution in [0.3, 0.4) is 0 Å². The molecule has 8 heteroatoms. The monoisotopic (exact) mass is 430 g/mol. The van der Waals surface area contributed by atoms with Crippen molar-refractivity contribution in [3.05, 3.63) is 35.5 Å². The molecular weight excluding hydrogens is 407 g/mol. The van der Waals surface area contributed by atoms with Crippen molar-refractivity contribution in [3.63, 3.8) is 0 Å². The van der Waals surface area contributed by atoms with Gasteiger partial charge in [-0.1, -0.05) is 20.8 Å². The summed E-state index contributed by atoms with van der Waals surface area (Å²) in [5, 5.41) is 29.9. The van der Waals surface area contributed by atoms with E-state index in [1.807, 2.05) is 0 Å². The van der Waals surface area contributed by atoms with Crippen LogP contribution < -0.4 is 15.3 Å². The average molecular weight is 430 g/mol. The maximum absolute atomic E-state index is 9.98. The normalized spacial score (nSPS) is 10.4. The third-order valence-electron chi connectivity index (χ3n) is 1.22. The average Bonchev–Trinajstić information content (AvgIpc) is 2.10. The summed E-state index contributed by atoms with van der Waals surface area (Å²) in [7, 11) is 0. The number of rotatable bonds is 3. The van der Waals surface area contributed by atoms with E-state index >= 15 is 0 Å². The van der Waals surface area contributed by atoms with Gasteiger partial charge in [-0.2, -0.15) is 0 Å². The summed E-state index contributed by atoms with van der Waals surface area (Å²) in [6, 6.07) is 0. The third-order valence-corrected chi connectivity index (χ3v) is 1.22. The summed E-state index contributed by atoms with van der Waals surface area (Å²) in [5.41, 5.74) is 0. The Hall–Kier alpha value is -1.54. The second-order valence-electron chi connectivity index (χ2n) is 4.10. The Labute approximate surface area is 155 Å². The number of allylic oxidation sites excluding steroid dienone is 6. The molecule has 0 bridgehead atoms. The molecule has 0 fully saturated rings. The van der Waals surface area contributed by atoms with Gasteiger partial charge in [0.2, 0.25) is 0 Å². The first kappa shape index (κ1) is 33.2.